The highest BCUT2D eigenvalue weighted by Crippen LogP contribution is 2.59. The predicted octanol–water partition coefficient (Wildman–Crippen LogP) is 7.79. The minimum atomic E-state index is -0.710. The van der Waals surface area contributed by atoms with Crippen molar-refractivity contribution in [2.45, 2.75) is 33.3 Å². The van der Waals surface area contributed by atoms with E-state index in [1.54, 1.807) is 13.8 Å². The Bertz CT molecular complexity index is 2120. The van der Waals surface area contributed by atoms with Gasteiger partial charge in [-0.25, -0.2) is 30.2 Å². The predicted molar refractivity (Wildman–Crippen MR) is 179 cm³/mol. The molecule has 0 saturated carbocycles. The molecule has 0 unspecified atom stereocenters. The molecule has 0 N–H and O–H groups in total. The molecule has 0 radical (unpaired) electrons. The van der Waals surface area contributed by atoms with Crippen molar-refractivity contribution in [3.8, 4) is 27.6 Å². The number of aliphatic imine (C=N–C) groups is 2. The average molecular weight is 687 g/mol. The molecule has 45 heavy (non-hydrogen) atoms. The third-order valence-corrected chi connectivity index (χ3v) is 12.5. The molecule has 0 bridgehead atoms. The van der Waals surface area contributed by atoms with E-state index in [1.165, 1.54) is 43.8 Å². The quantitative estimate of drug-likeness (QED) is 0.202. The molecule has 3 aromatic heterocycles. The number of nitriles is 2. The molecule has 2 fully saturated rings. The second kappa shape index (κ2) is 11.5. The van der Waals surface area contributed by atoms with Crippen molar-refractivity contribution < 1.29 is 14.3 Å². The van der Waals surface area contributed by atoms with Crippen LogP contribution in [0.15, 0.2) is 43.6 Å². The van der Waals surface area contributed by atoms with Crippen molar-refractivity contribution in [2.24, 2.45) is 9.98 Å². The number of allylic oxidation sites excluding steroid dienone is 2. The highest BCUT2D eigenvalue weighted by Gasteiger charge is 2.40. The lowest BCUT2D eigenvalue weighted by Gasteiger charge is -2.31. The van der Waals surface area contributed by atoms with Crippen molar-refractivity contribution in [3.05, 3.63) is 62.0 Å². The fourth-order valence-electron chi connectivity index (χ4n) is 4.82. The highest BCUT2D eigenvalue weighted by molar-refractivity contribution is 8.20. The maximum Gasteiger partial charge on any atom is 0.291 e. The second-order valence-corrected chi connectivity index (χ2v) is 14.9. The van der Waals surface area contributed by atoms with Crippen LogP contribution in [0, 0.1) is 35.8 Å². The van der Waals surface area contributed by atoms with Crippen molar-refractivity contribution in [1.82, 2.24) is 9.80 Å². The zero-order valence-corrected chi connectivity index (χ0v) is 28.0. The van der Waals surface area contributed by atoms with Gasteiger partial charge in [-0.05, 0) is 39.8 Å². The maximum absolute atomic E-state index is 13.1. The number of ether oxygens (including phenoxy) is 1. The number of hydrogen-bond donors (Lipinski definition) is 0. The topological polar surface area (TPSA) is 131 Å². The summed E-state index contributed by atoms with van der Waals surface area (Å²) in [5, 5.41) is 20.9. The Labute approximate surface area is 278 Å². The van der Waals surface area contributed by atoms with Crippen molar-refractivity contribution in [1.29, 1.82) is 10.5 Å². The van der Waals surface area contributed by atoms with Crippen LogP contribution < -0.4 is 4.74 Å². The summed E-state index contributed by atoms with van der Waals surface area (Å²) in [5.74, 6) is 0.0306. The summed E-state index contributed by atoms with van der Waals surface area (Å²) < 4.78 is 8.38. The zero-order valence-electron chi connectivity index (χ0n) is 23.9. The Morgan fingerprint density at radius 1 is 0.889 bits per heavy atom. The lowest BCUT2D eigenvalue weighted by atomic mass is 9.95. The van der Waals surface area contributed by atoms with Crippen LogP contribution in [0.1, 0.15) is 33.3 Å². The van der Waals surface area contributed by atoms with E-state index >= 15 is 0 Å². The molecule has 16 heteroatoms. The summed E-state index contributed by atoms with van der Waals surface area (Å²) in [6.07, 6.45) is 0. The summed E-state index contributed by atoms with van der Waals surface area (Å²) in [5.41, 5.74) is -0.0526. The molecule has 11 nitrogen and oxygen atoms in total. The Hall–Kier alpha value is -4.42. The van der Waals surface area contributed by atoms with Crippen LogP contribution in [0.4, 0.5) is 10.0 Å². The Balaban J connectivity index is 1.37. The summed E-state index contributed by atoms with van der Waals surface area (Å²) in [6.45, 7) is 22.7. The van der Waals surface area contributed by atoms with E-state index in [0.717, 1.165) is 54.0 Å². The summed E-state index contributed by atoms with van der Waals surface area (Å²) in [4.78, 5) is 46.6. The van der Waals surface area contributed by atoms with Gasteiger partial charge in [0, 0.05) is 18.7 Å². The van der Waals surface area contributed by atoms with E-state index < -0.39 is 5.60 Å². The first-order valence-corrected chi connectivity index (χ1v) is 17.3. The van der Waals surface area contributed by atoms with Gasteiger partial charge in [0.25, 0.3) is 23.2 Å². The number of fused-ring (bicyclic) bond motifs is 5. The lowest BCUT2D eigenvalue weighted by molar-refractivity contribution is -0.121. The van der Waals surface area contributed by atoms with E-state index in [-0.39, 0.29) is 33.3 Å². The first kappa shape index (κ1) is 30.6. The Morgan fingerprint density at radius 2 is 1.42 bits per heavy atom. The van der Waals surface area contributed by atoms with Crippen LogP contribution >= 0.6 is 57.5 Å². The number of thioether (sulfide) groups is 2. The third-order valence-electron chi connectivity index (χ3n) is 6.87. The van der Waals surface area contributed by atoms with Gasteiger partial charge in [0.2, 0.25) is 0 Å². The number of rotatable bonds is 4. The van der Waals surface area contributed by atoms with Gasteiger partial charge in [-0.1, -0.05) is 23.5 Å². The number of nitrogens with zero attached hydrogens (tertiary/aromatic N) is 8. The van der Waals surface area contributed by atoms with Crippen LogP contribution in [-0.2, 0) is 15.2 Å². The summed E-state index contributed by atoms with van der Waals surface area (Å²) >= 11 is 6.45. The number of amides is 2. The van der Waals surface area contributed by atoms with Crippen molar-refractivity contribution in [2.75, 3.05) is 13.1 Å². The Kier molecular flexibility index (Phi) is 7.82. The molecule has 6 heterocycles. The monoisotopic (exact) mass is 686 g/mol. The molecule has 2 amide bonds. The fraction of sp³-hybridized carbons (Fsp3) is 0.241. The molecule has 222 valence electrons. The SMILES string of the molecule is [C-]#[N+]/C(C#N)=C1\SC(=Nc2cc3c(s2)-c2sc4cc(N=C5S/C(=C(\C#N)[N+]#[C-])N(CC)C5=O)sc4c2OC3(C)C)C(=O)N1CC. The first-order chi connectivity index (χ1) is 21.6. The largest absolute Gasteiger partial charge is 0.480 e. The van der Waals surface area contributed by atoms with Gasteiger partial charge in [-0.2, -0.15) is 0 Å². The zero-order chi connectivity index (χ0) is 32.2. The molecule has 3 aliphatic rings. The van der Waals surface area contributed by atoms with Crippen molar-refractivity contribution >= 4 is 98.8 Å². The van der Waals surface area contributed by atoms with Gasteiger partial charge in [0.1, 0.15) is 25.7 Å². The number of thiophene rings is 3. The summed E-state index contributed by atoms with van der Waals surface area (Å²) in [6, 6.07) is 7.55. The molecular weight excluding hydrogens is 669 g/mol. The van der Waals surface area contributed by atoms with Gasteiger partial charge >= 0.3 is 0 Å². The highest BCUT2D eigenvalue weighted by atomic mass is 32.2. The lowest BCUT2D eigenvalue weighted by Crippen LogP contribution is -2.27. The van der Waals surface area contributed by atoms with E-state index in [1.807, 2.05) is 38.1 Å². The standard InChI is InChI=1S/C29H18N8O3S5/c1-7-36-25(38)23(44-27(36)14(11-30)32-5)34-17-9-13-20(42-17)22-19(40-29(13,3)4)21-16(41-22)10-18(43-21)35-24-26(39)37(8-2)28(45-24)15(12-31)33-6/h9-10H,7-8H2,1-4H3/b27-14-,28-15+,34-23?,35-24?. The van der Waals surface area contributed by atoms with Crippen LogP contribution in [0.25, 0.3) is 28.8 Å². The first-order valence-electron chi connectivity index (χ1n) is 13.2. The minimum absolute atomic E-state index is 0.140. The average Bonchev–Trinajstić information content (AvgIpc) is 3.81. The molecule has 6 rings (SSSR count). The van der Waals surface area contributed by atoms with Gasteiger partial charge < -0.3 is 14.5 Å². The smallest absolute Gasteiger partial charge is 0.291 e. The third kappa shape index (κ3) is 4.92. The molecule has 2 saturated heterocycles. The molecule has 0 atom stereocenters. The van der Waals surface area contributed by atoms with Gasteiger partial charge in [-0.3, -0.25) is 9.59 Å². The van der Waals surface area contributed by atoms with Crippen molar-refractivity contribution in [3.63, 3.8) is 0 Å². The fourth-order valence-corrected chi connectivity index (χ4v) is 10.7. The maximum atomic E-state index is 13.1. The van der Waals surface area contributed by atoms with Crippen LogP contribution in [0.5, 0.6) is 5.75 Å². The van der Waals surface area contributed by atoms with Gasteiger partial charge in [0.15, 0.2) is 15.8 Å². The second-order valence-electron chi connectivity index (χ2n) is 9.87. The number of carbonyl (C=O) groups excluding carboxylic acids is 2. The normalized spacial score (nSPS) is 20.9. The minimum Gasteiger partial charge on any atom is -0.480 e. The molecule has 0 aliphatic carbocycles. The van der Waals surface area contributed by atoms with E-state index in [9.17, 15) is 20.1 Å². The van der Waals surface area contributed by atoms with Gasteiger partial charge in [-0.15, -0.1) is 34.0 Å². The number of hydrogen-bond acceptors (Lipinski definition) is 12. The van der Waals surface area contributed by atoms with E-state index in [0.29, 0.717) is 33.1 Å². The Morgan fingerprint density at radius 3 is 1.91 bits per heavy atom. The van der Waals surface area contributed by atoms with E-state index in [2.05, 4.69) is 19.7 Å². The van der Waals surface area contributed by atoms with Crippen LogP contribution in [-0.4, -0.2) is 44.8 Å². The van der Waals surface area contributed by atoms with Gasteiger partial charge in [0.05, 0.1) is 44.4 Å². The van der Waals surface area contributed by atoms with Crippen LogP contribution in [0.2, 0.25) is 0 Å². The van der Waals surface area contributed by atoms with E-state index in [4.69, 9.17) is 17.9 Å². The molecule has 3 aliphatic heterocycles. The molecule has 0 spiro atoms. The summed E-state index contributed by atoms with van der Waals surface area (Å²) in [7, 11) is 0. The molecular formula is C29H18N8O3S5. The molecule has 3 aromatic rings. The van der Waals surface area contributed by atoms with Crippen LogP contribution in [0.3, 0.4) is 0 Å². The molecule has 0 aromatic carbocycles. The number of carbonyl (C=O) groups is 2.